The van der Waals surface area contributed by atoms with Gasteiger partial charge in [-0.15, -0.1) is 0 Å². The van der Waals surface area contributed by atoms with Gasteiger partial charge in [0.1, 0.15) is 36.3 Å². The van der Waals surface area contributed by atoms with E-state index in [1.165, 1.54) is 13.8 Å². The molecule has 1 aromatic carbocycles. The van der Waals surface area contributed by atoms with Crippen molar-refractivity contribution in [3.63, 3.8) is 0 Å². The molecule has 0 bridgehead atoms. The summed E-state index contributed by atoms with van der Waals surface area (Å²) in [5, 5.41) is 51.5. The monoisotopic (exact) mass is 780 g/mol. The number of nitrogens with zero attached hydrogens (tertiary/aromatic N) is 1. The lowest BCUT2D eigenvalue weighted by molar-refractivity contribution is -0.145. The molecule has 0 saturated carbocycles. The van der Waals surface area contributed by atoms with Crippen LogP contribution in [0.1, 0.15) is 52.0 Å². The Morgan fingerprint density at radius 3 is 1.71 bits per heavy atom. The lowest BCUT2D eigenvalue weighted by Gasteiger charge is -2.27. The number of nitrogens with one attached hydrogen (secondary N) is 6. The van der Waals surface area contributed by atoms with Crippen LogP contribution in [0.2, 0.25) is 0 Å². The number of aliphatic carboxylic acids is 2. The number of guanidine groups is 1. The van der Waals surface area contributed by atoms with Gasteiger partial charge in [-0.25, -0.2) is 4.79 Å². The van der Waals surface area contributed by atoms with E-state index in [9.17, 15) is 53.7 Å². The Morgan fingerprint density at radius 1 is 0.691 bits per heavy atom. The Labute approximate surface area is 316 Å². The first-order valence-corrected chi connectivity index (χ1v) is 17.2. The number of nitrogens with two attached hydrogens (primary N) is 3. The predicted molar refractivity (Wildman–Crippen MR) is 194 cm³/mol. The lowest BCUT2D eigenvalue weighted by atomic mass is 10.0. The summed E-state index contributed by atoms with van der Waals surface area (Å²) < 4.78 is 0. The van der Waals surface area contributed by atoms with Gasteiger partial charge in [0.05, 0.1) is 12.7 Å². The van der Waals surface area contributed by atoms with Crippen LogP contribution >= 0.6 is 0 Å². The Kier molecular flexibility index (Phi) is 20.3. The Hall–Kier alpha value is -5.87. The van der Waals surface area contributed by atoms with Crippen LogP contribution in [-0.4, -0.2) is 135 Å². The second-order valence-electron chi connectivity index (χ2n) is 12.6. The van der Waals surface area contributed by atoms with Crippen molar-refractivity contribution in [2.45, 2.75) is 101 Å². The third-order valence-corrected chi connectivity index (χ3v) is 7.86. The fraction of sp³-hybridized carbons (Fsp3) is 0.545. The van der Waals surface area contributed by atoms with Gasteiger partial charge in [-0.05, 0) is 45.6 Å². The number of aliphatic hydroxyl groups excluding tert-OH is 2. The molecule has 0 spiro atoms. The first-order chi connectivity index (χ1) is 25.8. The molecule has 306 valence electrons. The number of aliphatic hydroxyl groups is 2. The van der Waals surface area contributed by atoms with Crippen molar-refractivity contribution in [2.75, 3.05) is 13.2 Å². The second kappa shape index (κ2) is 23.7. The van der Waals surface area contributed by atoms with Gasteiger partial charge < -0.3 is 69.5 Å². The number of hydrogen-bond acceptors (Lipinski definition) is 12. The molecule has 0 aromatic heterocycles. The minimum Gasteiger partial charge on any atom is -0.481 e. The third kappa shape index (κ3) is 17.7. The molecule has 8 atom stereocenters. The van der Waals surface area contributed by atoms with Crippen LogP contribution in [0.3, 0.4) is 0 Å². The molecular formula is C33H52N10O12. The van der Waals surface area contributed by atoms with Gasteiger partial charge in [0.2, 0.25) is 35.4 Å². The maximum atomic E-state index is 13.9. The third-order valence-electron chi connectivity index (χ3n) is 7.86. The predicted octanol–water partition coefficient (Wildman–Crippen LogP) is -5.12. The summed E-state index contributed by atoms with van der Waals surface area (Å²) in [6, 6.07) is -1.66. The molecule has 0 fully saturated rings. The van der Waals surface area contributed by atoms with Crippen molar-refractivity contribution in [1.29, 1.82) is 0 Å². The van der Waals surface area contributed by atoms with E-state index in [1.54, 1.807) is 30.3 Å². The molecule has 6 amide bonds. The number of carboxylic acids is 2. The Balaban J connectivity index is 3.37. The van der Waals surface area contributed by atoms with E-state index in [0.717, 1.165) is 6.92 Å². The van der Waals surface area contributed by atoms with E-state index in [2.05, 4.69) is 36.9 Å². The molecule has 16 N–H and O–H groups in total. The van der Waals surface area contributed by atoms with Crippen LogP contribution < -0.4 is 49.1 Å². The number of hydrogen-bond donors (Lipinski definition) is 13. The molecule has 0 heterocycles. The molecule has 1 aromatic rings. The van der Waals surface area contributed by atoms with Crippen molar-refractivity contribution < 1.29 is 58.8 Å². The summed E-state index contributed by atoms with van der Waals surface area (Å²) in [7, 11) is 0. The largest absolute Gasteiger partial charge is 0.481 e. The topological polar surface area (TPSA) is 380 Å². The molecule has 0 aliphatic carbocycles. The number of carboxylic acid groups (broad SMARTS) is 2. The van der Waals surface area contributed by atoms with Crippen molar-refractivity contribution in [1.82, 2.24) is 31.9 Å². The van der Waals surface area contributed by atoms with E-state index < -0.39 is 115 Å². The molecule has 0 radical (unpaired) electrons. The average molecular weight is 781 g/mol. The summed E-state index contributed by atoms with van der Waals surface area (Å²) in [6.07, 6.45) is -2.60. The molecule has 22 heteroatoms. The number of rotatable bonds is 24. The molecular weight excluding hydrogens is 728 g/mol. The molecule has 55 heavy (non-hydrogen) atoms. The van der Waals surface area contributed by atoms with Gasteiger partial charge in [-0.1, -0.05) is 30.3 Å². The summed E-state index contributed by atoms with van der Waals surface area (Å²) in [5.74, 6) is -8.57. The highest BCUT2D eigenvalue weighted by molar-refractivity contribution is 5.97. The van der Waals surface area contributed by atoms with Crippen molar-refractivity contribution in [3.05, 3.63) is 35.9 Å². The van der Waals surface area contributed by atoms with Crippen LogP contribution in [0.4, 0.5) is 0 Å². The first kappa shape index (κ1) is 47.2. The van der Waals surface area contributed by atoms with E-state index in [-0.39, 0.29) is 31.8 Å². The fourth-order valence-corrected chi connectivity index (χ4v) is 4.72. The molecule has 0 aliphatic heterocycles. The SMILES string of the molecule is C[C@H](NC(=O)[C@H](CCCN=C(N)N)NC(=O)[C@H](Cc1ccccc1)NC(=O)[C@H](CCC(=O)O)NC(=O)[C@H](C)NC(=O)[C@@H](N)CO)C(=O)N[C@H](C(=O)O)[C@@H](C)O. The number of amides is 6. The summed E-state index contributed by atoms with van der Waals surface area (Å²) in [4.78, 5) is 105. The highest BCUT2D eigenvalue weighted by Crippen LogP contribution is 2.08. The quantitative estimate of drug-likeness (QED) is 0.0265. The first-order valence-electron chi connectivity index (χ1n) is 17.2. The van der Waals surface area contributed by atoms with Crippen molar-refractivity contribution in [2.24, 2.45) is 22.2 Å². The van der Waals surface area contributed by atoms with Gasteiger partial charge in [0, 0.05) is 19.4 Å². The molecule has 22 nitrogen and oxygen atoms in total. The number of carbonyl (C=O) groups excluding carboxylic acids is 6. The lowest BCUT2D eigenvalue weighted by Crippen LogP contribution is -2.60. The van der Waals surface area contributed by atoms with Crippen LogP contribution in [0.15, 0.2) is 35.3 Å². The molecule has 0 aliphatic rings. The van der Waals surface area contributed by atoms with E-state index >= 15 is 0 Å². The van der Waals surface area contributed by atoms with Gasteiger partial charge in [-0.3, -0.25) is 38.6 Å². The zero-order chi connectivity index (χ0) is 41.8. The zero-order valence-corrected chi connectivity index (χ0v) is 30.7. The highest BCUT2D eigenvalue weighted by atomic mass is 16.4. The minimum atomic E-state index is -1.68. The standard InChI is InChI=1S/C33H52N10O12/c1-16(38-28(50)20(34)15-44)26(48)40-22(11-12-24(46)47)30(52)42-23(14-19-8-5-4-6-9-19)31(53)41-21(10-7-13-37-33(35)36)29(51)39-17(2)27(49)43-25(18(3)45)32(54)55/h4-6,8-9,16-18,20-23,25,44-45H,7,10-15,34H2,1-3H3,(H,38,50)(H,39,51)(H,40,48)(H,41,53)(H,42,52)(H,43,49)(H,46,47)(H,54,55)(H4,35,36,37)/t16-,17-,18+,20-,21-,22-,23-,25-/m0/s1. The normalized spacial score (nSPS) is 15.2. The molecule has 0 unspecified atom stereocenters. The fourth-order valence-electron chi connectivity index (χ4n) is 4.72. The summed E-state index contributed by atoms with van der Waals surface area (Å²) in [6.45, 7) is 2.97. The summed E-state index contributed by atoms with van der Waals surface area (Å²) in [5.41, 5.74) is 16.8. The van der Waals surface area contributed by atoms with Crippen LogP contribution in [-0.2, 0) is 44.8 Å². The van der Waals surface area contributed by atoms with Gasteiger partial charge in [0.15, 0.2) is 12.0 Å². The van der Waals surface area contributed by atoms with E-state index in [4.69, 9.17) is 22.3 Å². The zero-order valence-electron chi connectivity index (χ0n) is 30.7. The van der Waals surface area contributed by atoms with E-state index in [0.29, 0.717) is 5.56 Å². The maximum Gasteiger partial charge on any atom is 0.328 e. The van der Waals surface area contributed by atoms with Crippen LogP contribution in [0.25, 0.3) is 0 Å². The smallest absolute Gasteiger partial charge is 0.328 e. The Bertz CT molecular complexity index is 1520. The van der Waals surface area contributed by atoms with Gasteiger partial charge >= 0.3 is 11.9 Å². The van der Waals surface area contributed by atoms with E-state index in [1.807, 2.05) is 0 Å². The van der Waals surface area contributed by atoms with Crippen LogP contribution in [0, 0.1) is 0 Å². The van der Waals surface area contributed by atoms with Gasteiger partial charge in [0.25, 0.3) is 0 Å². The van der Waals surface area contributed by atoms with Crippen molar-refractivity contribution in [3.8, 4) is 0 Å². The second-order valence-corrected chi connectivity index (χ2v) is 12.6. The number of carbonyl (C=O) groups is 8. The average Bonchev–Trinajstić information content (AvgIpc) is 3.12. The molecule has 0 saturated heterocycles. The number of benzene rings is 1. The van der Waals surface area contributed by atoms with Gasteiger partial charge in [-0.2, -0.15) is 0 Å². The maximum absolute atomic E-state index is 13.9. The summed E-state index contributed by atoms with van der Waals surface area (Å²) >= 11 is 0. The Morgan fingerprint density at radius 2 is 1.18 bits per heavy atom. The van der Waals surface area contributed by atoms with Crippen molar-refractivity contribution >= 4 is 53.3 Å². The van der Waals surface area contributed by atoms with Crippen LogP contribution in [0.5, 0.6) is 0 Å². The number of aliphatic imine (C=N–C) groups is 1. The highest BCUT2D eigenvalue weighted by Gasteiger charge is 2.33. The molecule has 1 rings (SSSR count). The minimum absolute atomic E-state index is 0.0344.